The van der Waals surface area contributed by atoms with Crippen molar-refractivity contribution in [2.45, 2.75) is 19.9 Å². The van der Waals surface area contributed by atoms with E-state index < -0.39 is 0 Å². The molecule has 0 fully saturated rings. The minimum atomic E-state index is 0.318. The molecule has 1 N–H and O–H groups in total. The zero-order chi connectivity index (χ0) is 11.5. The molecule has 0 aliphatic rings. The third-order valence-electron chi connectivity index (χ3n) is 2.69. The number of benzene rings is 1. The fourth-order valence-corrected chi connectivity index (χ4v) is 2.97. The predicted octanol–water partition coefficient (Wildman–Crippen LogP) is 3.67. The molecule has 1 atom stereocenters. The molecular formula is C14H17NS. The summed E-state index contributed by atoms with van der Waals surface area (Å²) in [4.78, 5) is 1.37. The molecule has 1 heterocycles. The maximum Gasteiger partial charge on any atom is 0.0668 e. The van der Waals surface area contributed by atoms with Gasteiger partial charge in [-0.25, -0.2) is 0 Å². The number of thiophene rings is 1. The van der Waals surface area contributed by atoms with Crippen LogP contribution in [-0.2, 0) is 0 Å². The second-order valence-electron chi connectivity index (χ2n) is 4.16. The van der Waals surface area contributed by atoms with Crippen LogP contribution in [0.2, 0.25) is 0 Å². The summed E-state index contributed by atoms with van der Waals surface area (Å²) < 4.78 is 0. The first-order chi connectivity index (χ1) is 7.70. The molecule has 84 valence electrons. The molecule has 1 aromatic carbocycles. The van der Waals surface area contributed by atoms with Gasteiger partial charge in [0.25, 0.3) is 0 Å². The average Bonchev–Trinajstić information content (AvgIpc) is 2.70. The fourth-order valence-electron chi connectivity index (χ4n) is 2.11. The van der Waals surface area contributed by atoms with Gasteiger partial charge in [0.2, 0.25) is 0 Å². The Morgan fingerprint density at radius 2 is 1.81 bits per heavy atom. The number of rotatable bonds is 3. The molecule has 0 aliphatic heterocycles. The van der Waals surface area contributed by atoms with E-state index in [2.05, 4.69) is 54.9 Å². The standard InChI is InChI=1S/C14H17NS/c1-10-7-11(2)9-12(8-10)14(15-3)13-5-4-6-16-13/h4-9,14-15H,1-3H3. The van der Waals surface area contributed by atoms with Gasteiger partial charge in [0.1, 0.15) is 0 Å². The molecule has 0 spiro atoms. The molecule has 0 amide bonds. The lowest BCUT2D eigenvalue weighted by Crippen LogP contribution is -2.16. The number of hydrogen-bond donors (Lipinski definition) is 1. The van der Waals surface area contributed by atoms with Crippen molar-refractivity contribution in [1.82, 2.24) is 5.32 Å². The first-order valence-corrected chi connectivity index (χ1v) is 6.37. The molecule has 1 unspecified atom stereocenters. The number of hydrogen-bond acceptors (Lipinski definition) is 2. The largest absolute Gasteiger partial charge is 0.309 e. The van der Waals surface area contributed by atoms with E-state index in [-0.39, 0.29) is 0 Å². The lowest BCUT2D eigenvalue weighted by molar-refractivity contribution is 0.702. The second-order valence-corrected chi connectivity index (χ2v) is 5.14. The molecule has 2 aromatic rings. The van der Waals surface area contributed by atoms with Crippen LogP contribution < -0.4 is 5.32 Å². The summed E-state index contributed by atoms with van der Waals surface area (Å²) in [5.74, 6) is 0. The summed E-state index contributed by atoms with van der Waals surface area (Å²) in [5, 5.41) is 5.51. The highest BCUT2D eigenvalue weighted by Crippen LogP contribution is 2.26. The number of nitrogens with one attached hydrogen (secondary N) is 1. The van der Waals surface area contributed by atoms with E-state index in [4.69, 9.17) is 0 Å². The Bertz CT molecular complexity index is 439. The van der Waals surface area contributed by atoms with E-state index in [1.54, 1.807) is 11.3 Å². The van der Waals surface area contributed by atoms with Gasteiger partial charge < -0.3 is 5.32 Å². The van der Waals surface area contributed by atoms with Gasteiger partial charge in [0.15, 0.2) is 0 Å². The number of aryl methyl sites for hydroxylation is 2. The maximum atomic E-state index is 3.39. The summed E-state index contributed by atoms with van der Waals surface area (Å²) in [6, 6.07) is 11.3. The summed E-state index contributed by atoms with van der Waals surface area (Å²) in [5.41, 5.74) is 4.00. The Morgan fingerprint density at radius 3 is 2.31 bits per heavy atom. The van der Waals surface area contributed by atoms with Crippen molar-refractivity contribution >= 4 is 11.3 Å². The highest BCUT2D eigenvalue weighted by Gasteiger charge is 2.13. The molecule has 0 radical (unpaired) electrons. The molecular weight excluding hydrogens is 214 g/mol. The van der Waals surface area contributed by atoms with E-state index in [1.165, 1.54) is 21.6 Å². The van der Waals surface area contributed by atoms with Gasteiger partial charge in [-0.15, -0.1) is 11.3 Å². The molecule has 2 heteroatoms. The fraction of sp³-hybridized carbons (Fsp3) is 0.286. The zero-order valence-electron chi connectivity index (χ0n) is 9.95. The third kappa shape index (κ3) is 2.34. The molecule has 0 aliphatic carbocycles. The molecule has 1 aromatic heterocycles. The van der Waals surface area contributed by atoms with Gasteiger partial charge in [0, 0.05) is 4.88 Å². The maximum absolute atomic E-state index is 3.39. The van der Waals surface area contributed by atoms with Crippen LogP contribution >= 0.6 is 11.3 Å². The highest BCUT2D eigenvalue weighted by molar-refractivity contribution is 7.10. The Balaban J connectivity index is 2.41. The smallest absolute Gasteiger partial charge is 0.0668 e. The quantitative estimate of drug-likeness (QED) is 0.850. The lowest BCUT2D eigenvalue weighted by atomic mass is 10.0. The van der Waals surface area contributed by atoms with Crippen molar-refractivity contribution in [2.24, 2.45) is 0 Å². The van der Waals surface area contributed by atoms with Gasteiger partial charge in [-0.2, -0.15) is 0 Å². The topological polar surface area (TPSA) is 12.0 Å². The van der Waals surface area contributed by atoms with Crippen molar-refractivity contribution in [3.63, 3.8) is 0 Å². The lowest BCUT2D eigenvalue weighted by Gasteiger charge is -2.16. The van der Waals surface area contributed by atoms with Gasteiger partial charge >= 0.3 is 0 Å². The Labute approximate surface area is 101 Å². The van der Waals surface area contributed by atoms with E-state index in [0.29, 0.717) is 6.04 Å². The third-order valence-corrected chi connectivity index (χ3v) is 3.63. The van der Waals surface area contributed by atoms with Crippen molar-refractivity contribution < 1.29 is 0 Å². The van der Waals surface area contributed by atoms with E-state index in [9.17, 15) is 0 Å². The summed E-state index contributed by atoms with van der Waals surface area (Å²) in [6.45, 7) is 4.30. The Kier molecular flexibility index (Phi) is 3.42. The van der Waals surface area contributed by atoms with Crippen LogP contribution in [0.5, 0.6) is 0 Å². The first kappa shape index (κ1) is 11.4. The molecule has 16 heavy (non-hydrogen) atoms. The van der Waals surface area contributed by atoms with Crippen LogP contribution in [0.4, 0.5) is 0 Å². The summed E-state index contributed by atoms with van der Waals surface area (Å²) in [6.07, 6.45) is 0. The monoisotopic (exact) mass is 231 g/mol. The van der Waals surface area contributed by atoms with Gasteiger partial charge in [-0.1, -0.05) is 35.4 Å². The predicted molar refractivity (Wildman–Crippen MR) is 71.1 cm³/mol. The molecule has 1 nitrogen and oxygen atoms in total. The minimum Gasteiger partial charge on any atom is -0.309 e. The summed E-state index contributed by atoms with van der Waals surface area (Å²) in [7, 11) is 2.02. The summed E-state index contributed by atoms with van der Waals surface area (Å²) >= 11 is 1.80. The SMILES string of the molecule is CNC(c1cc(C)cc(C)c1)c1cccs1. The van der Waals surface area contributed by atoms with Gasteiger partial charge in [0.05, 0.1) is 6.04 Å². The van der Waals surface area contributed by atoms with E-state index in [1.807, 2.05) is 7.05 Å². The average molecular weight is 231 g/mol. The van der Waals surface area contributed by atoms with Crippen LogP contribution in [0.25, 0.3) is 0 Å². The van der Waals surface area contributed by atoms with Crippen molar-refractivity contribution in [2.75, 3.05) is 7.05 Å². The minimum absolute atomic E-state index is 0.318. The first-order valence-electron chi connectivity index (χ1n) is 5.49. The normalized spacial score (nSPS) is 12.7. The van der Waals surface area contributed by atoms with Crippen LogP contribution in [0.15, 0.2) is 35.7 Å². The van der Waals surface area contributed by atoms with Crippen LogP contribution in [-0.4, -0.2) is 7.05 Å². The molecule has 2 rings (SSSR count). The van der Waals surface area contributed by atoms with Crippen molar-refractivity contribution in [3.05, 3.63) is 57.3 Å². The van der Waals surface area contributed by atoms with E-state index >= 15 is 0 Å². The van der Waals surface area contributed by atoms with Gasteiger partial charge in [-0.05, 0) is 37.9 Å². The van der Waals surface area contributed by atoms with Gasteiger partial charge in [-0.3, -0.25) is 0 Å². The molecule has 0 saturated carbocycles. The second kappa shape index (κ2) is 4.81. The van der Waals surface area contributed by atoms with Crippen LogP contribution in [0.1, 0.15) is 27.6 Å². The van der Waals surface area contributed by atoms with Crippen LogP contribution in [0.3, 0.4) is 0 Å². The van der Waals surface area contributed by atoms with Crippen LogP contribution in [0, 0.1) is 13.8 Å². The molecule has 0 bridgehead atoms. The zero-order valence-corrected chi connectivity index (χ0v) is 10.8. The molecule has 0 saturated heterocycles. The Morgan fingerprint density at radius 1 is 1.12 bits per heavy atom. The van der Waals surface area contributed by atoms with Crippen molar-refractivity contribution in [1.29, 1.82) is 0 Å². The van der Waals surface area contributed by atoms with E-state index in [0.717, 1.165) is 0 Å². The van der Waals surface area contributed by atoms with Crippen molar-refractivity contribution in [3.8, 4) is 0 Å². The Hall–Kier alpha value is -1.12. The highest BCUT2D eigenvalue weighted by atomic mass is 32.1.